The molecule has 100 valence electrons. The van der Waals surface area contributed by atoms with Crippen molar-refractivity contribution in [3.63, 3.8) is 0 Å². The Bertz CT molecular complexity index is 371. The topological polar surface area (TPSA) is 42.1 Å². The van der Waals surface area contributed by atoms with Crippen LogP contribution in [0.15, 0.2) is 24.5 Å². The molecule has 0 spiro atoms. The number of likely N-dealkylation sites (N-methyl/N-ethyl adjacent to an activating group) is 1. The molecule has 18 heavy (non-hydrogen) atoms. The number of thioether (sulfide) groups is 1. The highest BCUT2D eigenvalue weighted by molar-refractivity contribution is 8.00. The third-order valence-corrected chi connectivity index (χ3v) is 5.42. The second-order valence-corrected chi connectivity index (χ2v) is 6.71. The maximum atomic E-state index is 6.04. The zero-order valence-electron chi connectivity index (χ0n) is 11.3. The Morgan fingerprint density at radius 2 is 2.22 bits per heavy atom. The lowest BCUT2D eigenvalue weighted by Gasteiger charge is -2.37. The van der Waals surface area contributed by atoms with Crippen molar-refractivity contribution in [2.45, 2.75) is 30.6 Å². The summed E-state index contributed by atoms with van der Waals surface area (Å²) in [6.07, 6.45) is 6.00. The van der Waals surface area contributed by atoms with E-state index in [1.807, 2.05) is 24.2 Å². The van der Waals surface area contributed by atoms with Gasteiger partial charge in [-0.15, -0.1) is 0 Å². The van der Waals surface area contributed by atoms with Gasteiger partial charge in [0, 0.05) is 42.0 Å². The number of pyridine rings is 1. The van der Waals surface area contributed by atoms with E-state index in [1.54, 1.807) is 0 Å². The lowest BCUT2D eigenvalue weighted by atomic mass is 9.94. The van der Waals surface area contributed by atoms with Gasteiger partial charge in [-0.1, -0.05) is 6.92 Å². The van der Waals surface area contributed by atoms with Crippen molar-refractivity contribution in [2.75, 3.05) is 25.9 Å². The van der Waals surface area contributed by atoms with Crippen LogP contribution in [-0.2, 0) is 6.42 Å². The van der Waals surface area contributed by atoms with Crippen LogP contribution in [0.2, 0.25) is 0 Å². The molecule has 1 aliphatic heterocycles. The van der Waals surface area contributed by atoms with E-state index in [4.69, 9.17) is 5.73 Å². The quantitative estimate of drug-likeness (QED) is 0.881. The molecule has 3 nitrogen and oxygen atoms in total. The average Bonchev–Trinajstić information content (AvgIpc) is 2.80. The molecule has 2 heterocycles. The van der Waals surface area contributed by atoms with Gasteiger partial charge in [0.1, 0.15) is 0 Å². The summed E-state index contributed by atoms with van der Waals surface area (Å²) in [6, 6.07) is 4.18. The van der Waals surface area contributed by atoms with Gasteiger partial charge in [-0.2, -0.15) is 11.8 Å². The van der Waals surface area contributed by atoms with Gasteiger partial charge >= 0.3 is 0 Å². The van der Waals surface area contributed by atoms with Crippen LogP contribution in [0.4, 0.5) is 0 Å². The molecular weight excluding hydrogens is 242 g/mol. The highest BCUT2D eigenvalue weighted by atomic mass is 32.2. The number of hydrogen-bond acceptors (Lipinski definition) is 4. The van der Waals surface area contributed by atoms with Gasteiger partial charge in [0.15, 0.2) is 0 Å². The SMILES string of the molecule is CC1CC(CN)(N(C)CCc2ccncc2)CS1. The van der Waals surface area contributed by atoms with Crippen LogP contribution in [0, 0.1) is 0 Å². The van der Waals surface area contributed by atoms with Crippen LogP contribution in [0.25, 0.3) is 0 Å². The molecule has 4 heteroatoms. The summed E-state index contributed by atoms with van der Waals surface area (Å²) in [5.41, 5.74) is 7.59. The average molecular weight is 265 g/mol. The molecular formula is C14H23N3S. The summed E-state index contributed by atoms with van der Waals surface area (Å²) in [5.74, 6) is 1.16. The minimum absolute atomic E-state index is 0.205. The number of nitrogens with two attached hydrogens (primary N) is 1. The highest BCUT2D eigenvalue weighted by Gasteiger charge is 2.39. The molecule has 2 atom stereocenters. The zero-order chi connectivity index (χ0) is 13.0. The van der Waals surface area contributed by atoms with Crippen molar-refractivity contribution in [1.82, 2.24) is 9.88 Å². The van der Waals surface area contributed by atoms with Crippen LogP contribution in [0.5, 0.6) is 0 Å². The summed E-state index contributed by atoms with van der Waals surface area (Å²) in [7, 11) is 2.21. The Balaban J connectivity index is 1.92. The Morgan fingerprint density at radius 1 is 1.50 bits per heavy atom. The molecule has 0 amide bonds. The number of hydrogen-bond donors (Lipinski definition) is 1. The monoisotopic (exact) mass is 265 g/mol. The predicted molar refractivity (Wildman–Crippen MR) is 78.9 cm³/mol. The molecule has 1 aromatic heterocycles. The van der Waals surface area contributed by atoms with Gasteiger partial charge in [-0.05, 0) is 37.6 Å². The van der Waals surface area contributed by atoms with E-state index in [9.17, 15) is 0 Å². The first-order valence-electron chi connectivity index (χ1n) is 6.58. The maximum Gasteiger partial charge on any atom is 0.0429 e. The molecule has 0 aliphatic carbocycles. The molecule has 1 saturated heterocycles. The van der Waals surface area contributed by atoms with Crippen LogP contribution in [0.3, 0.4) is 0 Å². The molecule has 1 aliphatic rings. The standard InChI is InChI=1S/C14H23N3S/c1-12-9-14(10-15,11-18-12)17(2)8-5-13-3-6-16-7-4-13/h3-4,6-7,12H,5,8-11,15H2,1-2H3. The van der Waals surface area contributed by atoms with E-state index < -0.39 is 0 Å². The lowest BCUT2D eigenvalue weighted by molar-refractivity contribution is 0.148. The Labute approximate surface area is 114 Å². The number of aromatic nitrogens is 1. The van der Waals surface area contributed by atoms with Crippen LogP contribution < -0.4 is 5.73 Å². The van der Waals surface area contributed by atoms with Crippen LogP contribution in [0.1, 0.15) is 18.9 Å². The summed E-state index contributed by atoms with van der Waals surface area (Å²) in [5, 5.41) is 0.733. The molecule has 0 aromatic carbocycles. The summed E-state index contributed by atoms with van der Waals surface area (Å²) >= 11 is 2.05. The summed E-state index contributed by atoms with van der Waals surface area (Å²) in [6.45, 7) is 4.13. The highest BCUT2D eigenvalue weighted by Crippen LogP contribution is 2.37. The van der Waals surface area contributed by atoms with Gasteiger partial charge in [-0.25, -0.2) is 0 Å². The molecule has 2 unspecified atom stereocenters. The second kappa shape index (κ2) is 6.04. The zero-order valence-corrected chi connectivity index (χ0v) is 12.1. The predicted octanol–water partition coefficient (Wildman–Crippen LogP) is 1.78. The van der Waals surface area contributed by atoms with E-state index in [-0.39, 0.29) is 5.54 Å². The Morgan fingerprint density at radius 3 is 2.78 bits per heavy atom. The Hall–Kier alpha value is -0.580. The second-order valence-electron chi connectivity index (χ2n) is 5.28. The first-order valence-corrected chi connectivity index (χ1v) is 7.63. The first-order chi connectivity index (χ1) is 8.66. The van der Waals surface area contributed by atoms with Crippen molar-refractivity contribution in [3.05, 3.63) is 30.1 Å². The number of nitrogens with zero attached hydrogens (tertiary/aromatic N) is 2. The van der Waals surface area contributed by atoms with Crippen molar-refractivity contribution >= 4 is 11.8 Å². The molecule has 2 rings (SSSR count). The molecule has 0 saturated carbocycles. The first kappa shape index (κ1) is 13.8. The lowest BCUT2D eigenvalue weighted by Crippen LogP contribution is -2.53. The third-order valence-electron chi connectivity index (χ3n) is 3.98. The molecule has 2 N–H and O–H groups in total. The van der Waals surface area contributed by atoms with Gasteiger partial charge in [0.05, 0.1) is 0 Å². The van der Waals surface area contributed by atoms with E-state index in [1.165, 1.54) is 12.0 Å². The van der Waals surface area contributed by atoms with E-state index in [0.29, 0.717) is 0 Å². The fourth-order valence-corrected chi connectivity index (χ4v) is 4.08. The van der Waals surface area contributed by atoms with E-state index in [2.05, 4.69) is 36.0 Å². The van der Waals surface area contributed by atoms with E-state index >= 15 is 0 Å². The van der Waals surface area contributed by atoms with Gasteiger partial charge in [-0.3, -0.25) is 9.88 Å². The van der Waals surface area contributed by atoms with Crippen molar-refractivity contribution < 1.29 is 0 Å². The van der Waals surface area contributed by atoms with Crippen molar-refractivity contribution in [3.8, 4) is 0 Å². The molecule has 0 radical (unpaired) electrons. The van der Waals surface area contributed by atoms with Crippen molar-refractivity contribution in [2.24, 2.45) is 5.73 Å². The van der Waals surface area contributed by atoms with Gasteiger partial charge < -0.3 is 5.73 Å². The fraction of sp³-hybridized carbons (Fsp3) is 0.643. The van der Waals surface area contributed by atoms with E-state index in [0.717, 1.165) is 30.5 Å². The third kappa shape index (κ3) is 3.05. The largest absolute Gasteiger partial charge is 0.329 e. The summed E-state index contributed by atoms with van der Waals surface area (Å²) in [4.78, 5) is 6.51. The van der Waals surface area contributed by atoms with Crippen LogP contribution >= 0.6 is 11.8 Å². The smallest absolute Gasteiger partial charge is 0.0429 e. The van der Waals surface area contributed by atoms with Crippen molar-refractivity contribution in [1.29, 1.82) is 0 Å². The minimum Gasteiger partial charge on any atom is -0.329 e. The molecule has 1 aromatic rings. The fourth-order valence-electron chi connectivity index (χ4n) is 2.60. The summed E-state index contributed by atoms with van der Waals surface area (Å²) < 4.78 is 0. The molecule has 1 fully saturated rings. The number of rotatable bonds is 5. The maximum absolute atomic E-state index is 6.04. The molecule has 0 bridgehead atoms. The Kier molecular flexibility index (Phi) is 4.65. The normalized spacial score (nSPS) is 27.9. The van der Waals surface area contributed by atoms with Gasteiger partial charge in [0.2, 0.25) is 0 Å². The minimum atomic E-state index is 0.205. The van der Waals surface area contributed by atoms with Gasteiger partial charge in [0.25, 0.3) is 0 Å². The van der Waals surface area contributed by atoms with Crippen LogP contribution in [-0.4, -0.2) is 46.6 Å².